The number of nitrogens with zero attached hydrogens (tertiary/aromatic N) is 2. The fourth-order valence-corrected chi connectivity index (χ4v) is 6.30. The van der Waals surface area contributed by atoms with Crippen LogP contribution in [-0.4, -0.2) is 49.7 Å². The lowest BCUT2D eigenvalue weighted by molar-refractivity contribution is 0.0667. The number of amides is 1. The van der Waals surface area contributed by atoms with E-state index >= 15 is 0 Å². The Bertz CT molecular complexity index is 1160. The molecule has 0 spiro atoms. The van der Waals surface area contributed by atoms with E-state index in [1.807, 2.05) is 0 Å². The number of hydrogen-bond acceptors (Lipinski definition) is 5. The fourth-order valence-electron chi connectivity index (χ4n) is 3.24. The van der Waals surface area contributed by atoms with Crippen LogP contribution >= 0.6 is 22.9 Å². The molecule has 0 saturated carbocycles. The van der Waals surface area contributed by atoms with Crippen molar-refractivity contribution in [3.8, 4) is 0 Å². The van der Waals surface area contributed by atoms with Crippen LogP contribution in [-0.2, 0) is 10.0 Å². The van der Waals surface area contributed by atoms with Gasteiger partial charge in [0.15, 0.2) is 5.76 Å². The normalized spacial score (nSPS) is 16.0. The number of aryl methyl sites for hydroxylation is 1. The first kappa shape index (κ1) is 19.4. The molecule has 0 aliphatic carbocycles. The molecular weight excluding hydrogens is 427 g/mol. The lowest BCUT2D eigenvalue weighted by Crippen LogP contribution is -2.50. The number of halogens is 2. The molecule has 2 aromatic heterocycles. The summed E-state index contributed by atoms with van der Waals surface area (Å²) in [6.07, 6.45) is 0. The molecule has 28 heavy (non-hydrogen) atoms. The van der Waals surface area contributed by atoms with Crippen molar-refractivity contribution in [2.24, 2.45) is 0 Å². The number of furan rings is 1. The van der Waals surface area contributed by atoms with Gasteiger partial charge in [-0.3, -0.25) is 4.79 Å². The Kier molecular flexibility index (Phi) is 4.95. The van der Waals surface area contributed by atoms with Gasteiger partial charge in [0, 0.05) is 37.1 Å². The quantitative estimate of drug-likeness (QED) is 0.619. The monoisotopic (exact) mass is 442 g/mol. The first-order valence-corrected chi connectivity index (χ1v) is 11.1. The van der Waals surface area contributed by atoms with E-state index in [2.05, 4.69) is 0 Å². The number of carbonyl (C=O) groups is 1. The number of rotatable bonds is 3. The van der Waals surface area contributed by atoms with Crippen LogP contribution in [0.25, 0.3) is 11.0 Å². The van der Waals surface area contributed by atoms with E-state index < -0.39 is 15.8 Å². The second-order valence-electron chi connectivity index (χ2n) is 6.45. The number of carbonyl (C=O) groups excluding carboxylic acids is 1. The fraction of sp³-hybridized carbons (Fsp3) is 0.278. The summed E-state index contributed by atoms with van der Waals surface area (Å²) in [6.45, 7) is 2.54. The van der Waals surface area contributed by atoms with Crippen LogP contribution in [0.15, 0.2) is 39.0 Å². The van der Waals surface area contributed by atoms with E-state index in [1.165, 1.54) is 28.6 Å². The highest BCUT2D eigenvalue weighted by atomic mass is 35.5. The predicted molar refractivity (Wildman–Crippen MR) is 105 cm³/mol. The van der Waals surface area contributed by atoms with Crippen LogP contribution in [0.3, 0.4) is 0 Å². The molecule has 0 radical (unpaired) electrons. The van der Waals surface area contributed by atoms with Crippen LogP contribution in [0.4, 0.5) is 4.39 Å². The third kappa shape index (κ3) is 3.32. The molecule has 3 heterocycles. The van der Waals surface area contributed by atoms with Crippen LogP contribution < -0.4 is 0 Å². The zero-order valence-electron chi connectivity index (χ0n) is 14.8. The molecule has 1 aromatic carbocycles. The second-order valence-corrected chi connectivity index (χ2v) is 10.3. The first-order valence-electron chi connectivity index (χ1n) is 8.51. The summed E-state index contributed by atoms with van der Waals surface area (Å²) in [6, 6.07) is 7.13. The average Bonchev–Trinajstić information content (AvgIpc) is 3.26. The summed E-state index contributed by atoms with van der Waals surface area (Å²) in [5, 5.41) is 0.555. The van der Waals surface area contributed by atoms with E-state index in [0.29, 0.717) is 20.9 Å². The molecule has 10 heteroatoms. The third-order valence-electron chi connectivity index (χ3n) is 4.76. The lowest BCUT2D eigenvalue weighted by Gasteiger charge is -2.33. The van der Waals surface area contributed by atoms with E-state index in [1.54, 1.807) is 17.9 Å². The molecule has 1 amide bonds. The second kappa shape index (κ2) is 7.14. The van der Waals surface area contributed by atoms with Crippen molar-refractivity contribution in [2.45, 2.75) is 11.1 Å². The Hall–Kier alpha value is -1.94. The van der Waals surface area contributed by atoms with E-state index in [9.17, 15) is 17.6 Å². The Morgan fingerprint density at radius 2 is 1.89 bits per heavy atom. The molecule has 1 fully saturated rings. The molecular formula is C18H16ClFN2O4S2. The summed E-state index contributed by atoms with van der Waals surface area (Å²) in [4.78, 5) is 14.4. The number of thiophene rings is 1. The highest BCUT2D eigenvalue weighted by Crippen LogP contribution is 2.30. The molecule has 1 aliphatic rings. The SMILES string of the molecule is Cc1c(C(=O)N2CCN(S(=O)(=O)c3ccc(Cl)s3)CC2)oc2ccc(F)cc12. The molecule has 148 valence electrons. The molecule has 4 rings (SSSR count). The van der Waals surface area contributed by atoms with Crippen molar-refractivity contribution in [3.05, 3.63) is 51.8 Å². The molecule has 6 nitrogen and oxygen atoms in total. The minimum Gasteiger partial charge on any atom is -0.451 e. The number of benzene rings is 1. The van der Waals surface area contributed by atoms with Gasteiger partial charge in [0.25, 0.3) is 15.9 Å². The van der Waals surface area contributed by atoms with Gasteiger partial charge in [-0.05, 0) is 37.3 Å². The van der Waals surface area contributed by atoms with Crippen LogP contribution in [0.1, 0.15) is 16.1 Å². The van der Waals surface area contributed by atoms with Gasteiger partial charge in [0.2, 0.25) is 0 Å². The topological polar surface area (TPSA) is 70.8 Å². The maximum Gasteiger partial charge on any atom is 0.289 e. The number of hydrogen-bond donors (Lipinski definition) is 0. The van der Waals surface area contributed by atoms with Crippen molar-refractivity contribution in [1.29, 1.82) is 0 Å². The average molecular weight is 443 g/mol. The maximum atomic E-state index is 13.5. The predicted octanol–water partition coefficient (Wildman–Crippen LogP) is 3.74. The summed E-state index contributed by atoms with van der Waals surface area (Å²) in [5.74, 6) is -0.574. The van der Waals surface area contributed by atoms with E-state index in [0.717, 1.165) is 11.3 Å². The minimum atomic E-state index is -3.62. The van der Waals surface area contributed by atoms with Crippen LogP contribution in [0.2, 0.25) is 4.34 Å². The Morgan fingerprint density at radius 3 is 2.54 bits per heavy atom. The molecule has 1 aliphatic heterocycles. The van der Waals surface area contributed by atoms with Crippen LogP contribution in [0.5, 0.6) is 0 Å². The number of fused-ring (bicyclic) bond motifs is 1. The minimum absolute atomic E-state index is 0.155. The van der Waals surface area contributed by atoms with E-state index in [4.69, 9.17) is 16.0 Å². The number of piperazine rings is 1. The third-order valence-corrected chi connectivity index (χ3v) is 8.36. The van der Waals surface area contributed by atoms with Gasteiger partial charge >= 0.3 is 0 Å². The first-order chi connectivity index (χ1) is 13.3. The summed E-state index contributed by atoms with van der Waals surface area (Å²) >= 11 is 6.85. The zero-order valence-corrected chi connectivity index (χ0v) is 17.2. The molecule has 0 N–H and O–H groups in total. The summed E-state index contributed by atoms with van der Waals surface area (Å²) < 4.78 is 46.4. The summed E-state index contributed by atoms with van der Waals surface area (Å²) in [7, 11) is -3.62. The standard InChI is InChI=1S/C18H16ClFN2O4S2/c1-11-13-10-12(20)2-3-14(13)26-17(11)18(23)21-6-8-22(9-7-21)28(24,25)16-5-4-15(19)27-16/h2-5,10H,6-9H2,1H3. The lowest BCUT2D eigenvalue weighted by atomic mass is 10.1. The largest absolute Gasteiger partial charge is 0.451 e. The van der Waals surface area contributed by atoms with Crippen LogP contribution in [0, 0.1) is 12.7 Å². The van der Waals surface area contributed by atoms with Crippen molar-refractivity contribution in [3.63, 3.8) is 0 Å². The van der Waals surface area contributed by atoms with Gasteiger partial charge in [-0.15, -0.1) is 11.3 Å². The van der Waals surface area contributed by atoms with Gasteiger partial charge in [-0.2, -0.15) is 4.31 Å². The number of sulfonamides is 1. The Labute approximate surface area is 170 Å². The smallest absolute Gasteiger partial charge is 0.289 e. The zero-order chi connectivity index (χ0) is 20.1. The summed E-state index contributed by atoms with van der Waals surface area (Å²) in [5.41, 5.74) is 1.01. The van der Waals surface area contributed by atoms with Crippen molar-refractivity contribution in [2.75, 3.05) is 26.2 Å². The van der Waals surface area contributed by atoms with E-state index in [-0.39, 0.29) is 42.1 Å². The Balaban J connectivity index is 1.51. The van der Waals surface area contributed by atoms with Gasteiger partial charge in [0.05, 0.1) is 4.34 Å². The molecule has 3 aromatic rings. The van der Waals surface area contributed by atoms with Crippen molar-refractivity contribution in [1.82, 2.24) is 9.21 Å². The highest BCUT2D eigenvalue weighted by Gasteiger charge is 2.33. The van der Waals surface area contributed by atoms with Gasteiger partial charge in [-0.1, -0.05) is 11.6 Å². The highest BCUT2D eigenvalue weighted by molar-refractivity contribution is 7.91. The van der Waals surface area contributed by atoms with Gasteiger partial charge < -0.3 is 9.32 Å². The Morgan fingerprint density at radius 1 is 1.18 bits per heavy atom. The maximum absolute atomic E-state index is 13.5. The molecule has 0 atom stereocenters. The van der Waals surface area contributed by atoms with Gasteiger partial charge in [0.1, 0.15) is 15.6 Å². The van der Waals surface area contributed by atoms with Crippen molar-refractivity contribution >= 4 is 49.8 Å². The van der Waals surface area contributed by atoms with Gasteiger partial charge in [-0.25, -0.2) is 12.8 Å². The molecule has 0 bridgehead atoms. The van der Waals surface area contributed by atoms with Crippen molar-refractivity contribution < 1.29 is 22.0 Å². The molecule has 1 saturated heterocycles. The molecule has 0 unspecified atom stereocenters.